The highest BCUT2D eigenvalue weighted by Gasteiger charge is 2.15. The highest BCUT2D eigenvalue weighted by molar-refractivity contribution is 5.90. The van der Waals surface area contributed by atoms with Crippen LogP contribution in [0.15, 0.2) is 41.3 Å². The number of amides is 1. The molecule has 1 N–H and O–H groups in total. The molecule has 1 amide bonds. The number of ether oxygens (including phenoxy) is 1. The van der Waals surface area contributed by atoms with E-state index in [0.717, 1.165) is 31.6 Å². The highest BCUT2D eigenvalue weighted by atomic mass is 19.1. The Bertz CT molecular complexity index is 856. The smallest absolute Gasteiger partial charge is 0.244 e. The van der Waals surface area contributed by atoms with E-state index in [4.69, 9.17) is 4.74 Å². The Hall–Kier alpha value is -2.67. The van der Waals surface area contributed by atoms with Crippen molar-refractivity contribution in [3.63, 3.8) is 0 Å². The molecule has 0 atom stereocenters. The summed E-state index contributed by atoms with van der Waals surface area (Å²) < 4.78 is 19.9. The molecule has 1 aliphatic rings. The molecule has 1 saturated heterocycles. The van der Waals surface area contributed by atoms with Crippen LogP contribution >= 0.6 is 0 Å². The first-order chi connectivity index (χ1) is 13.5. The van der Waals surface area contributed by atoms with Gasteiger partial charge in [-0.15, -0.1) is 0 Å². The first kappa shape index (κ1) is 20.1. The van der Waals surface area contributed by atoms with Crippen LogP contribution in [0.3, 0.4) is 0 Å². The van der Waals surface area contributed by atoms with Crippen molar-refractivity contribution >= 4 is 11.6 Å². The number of pyridine rings is 1. The molecule has 1 aliphatic heterocycles. The summed E-state index contributed by atoms with van der Waals surface area (Å²) >= 11 is 0. The van der Waals surface area contributed by atoms with E-state index in [1.54, 1.807) is 16.8 Å². The van der Waals surface area contributed by atoms with Gasteiger partial charge in [0.15, 0.2) is 5.75 Å². The van der Waals surface area contributed by atoms with Crippen molar-refractivity contribution in [2.45, 2.75) is 38.8 Å². The number of methoxy groups -OCH3 is 1. The van der Waals surface area contributed by atoms with Crippen LogP contribution in [0.5, 0.6) is 5.75 Å². The molecule has 1 fully saturated rings. The van der Waals surface area contributed by atoms with Crippen LogP contribution in [-0.2, 0) is 17.9 Å². The van der Waals surface area contributed by atoms with Crippen LogP contribution < -0.4 is 15.5 Å². The molecule has 28 heavy (non-hydrogen) atoms. The summed E-state index contributed by atoms with van der Waals surface area (Å²) in [5, 5.41) is 2.75. The average molecular weight is 387 g/mol. The molecule has 0 aliphatic carbocycles. The van der Waals surface area contributed by atoms with E-state index in [0.29, 0.717) is 12.2 Å². The zero-order valence-corrected chi connectivity index (χ0v) is 16.1. The summed E-state index contributed by atoms with van der Waals surface area (Å²) in [6.45, 7) is 2.63. The van der Waals surface area contributed by atoms with Crippen LogP contribution in [0, 0.1) is 5.82 Å². The summed E-state index contributed by atoms with van der Waals surface area (Å²) in [6, 6.07) is 7.16. The van der Waals surface area contributed by atoms with Gasteiger partial charge in [-0.2, -0.15) is 0 Å². The third-order valence-corrected chi connectivity index (χ3v) is 4.93. The topological polar surface area (TPSA) is 63.6 Å². The maximum absolute atomic E-state index is 13.0. The summed E-state index contributed by atoms with van der Waals surface area (Å²) in [4.78, 5) is 27.1. The number of rotatable bonds is 6. The maximum atomic E-state index is 13.0. The number of carbonyl (C=O) groups is 1. The third kappa shape index (κ3) is 5.42. The van der Waals surface area contributed by atoms with Crippen molar-refractivity contribution in [3.8, 4) is 5.75 Å². The Morgan fingerprint density at radius 3 is 2.46 bits per heavy atom. The van der Waals surface area contributed by atoms with E-state index in [1.165, 1.54) is 44.2 Å². The normalized spacial score (nSPS) is 15.1. The lowest BCUT2D eigenvalue weighted by molar-refractivity contribution is -0.116. The van der Waals surface area contributed by atoms with Crippen LogP contribution in [0.4, 0.5) is 10.1 Å². The Morgan fingerprint density at radius 2 is 1.82 bits per heavy atom. The summed E-state index contributed by atoms with van der Waals surface area (Å²) in [7, 11) is 1.44. The molecule has 0 saturated carbocycles. The molecular weight excluding hydrogens is 361 g/mol. The number of nitrogens with zero attached hydrogens (tertiary/aromatic N) is 2. The average Bonchev–Trinajstić information content (AvgIpc) is 2.94. The Balaban J connectivity index is 1.77. The highest BCUT2D eigenvalue weighted by Crippen LogP contribution is 2.15. The lowest BCUT2D eigenvalue weighted by atomic mass is 10.2. The minimum atomic E-state index is -0.358. The second-order valence-corrected chi connectivity index (χ2v) is 7.07. The molecule has 7 heteroatoms. The van der Waals surface area contributed by atoms with Gasteiger partial charge in [-0.05, 0) is 50.2 Å². The molecule has 3 rings (SSSR count). The lowest BCUT2D eigenvalue weighted by Gasteiger charge is -2.23. The van der Waals surface area contributed by atoms with E-state index in [2.05, 4.69) is 10.2 Å². The molecule has 0 radical (unpaired) electrons. The van der Waals surface area contributed by atoms with Gasteiger partial charge in [-0.25, -0.2) is 4.39 Å². The van der Waals surface area contributed by atoms with Crippen LogP contribution in [0.25, 0.3) is 0 Å². The molecule has 2 aromatic rings. The fraction of sp³-hybridized carbons (Fsp3) is 0.429. The second-order valence-electron chi connectivity index (χ2n) is 7.07. The first-order valence-electron chi connectivity index (χ1n) is 9.60. The monoisotopic (exact) mass is 387 g/mol. The largest absolute Gasteiger partial charge is 0.491 e. The van der Waals surface area contributed by atoms with E-state index in [1.807, 2.05) is 0 Å². The predicted octanol–water partition coefficient (Wildman–Crippen LogP) is 3.01. The zero-order valence-electron chi connectivity index (χ0n) is 16.1. The minimum Gasteiger partial charge on any atom is -0.491 e. The van der Waals surface area contributed by atoms with Gasteiger partial charge in [-0.1, -0.05) is 12.8 Å². The number of halogens is 1. The Morgan fingerprint density at radius 1 is 1.14 bits per heavy atom. The Labute approximate surface area is 163 Å². The van der Waals surface area contributed by atoms with Crippen molar-refractivity contribution in [2.24, 2.45) is 0 Å². The number of nitrogens with one attached hydrogen (secondary N) is 1. The van der Waals surface area contributed by atoms with Crippen molar-refractivity contribution in [1.29, 1.82) is 0 Å². The third-order valence-electron chi connectivity index (χ3n) is 4.93. The van der Waals surface area contributed by atoms with Gasteiger partial charge in [0.2, 0.25) is 11.3 Å². The molecule has 6 nitrogen and oxygen atoms in total. The maximum Gasteiger partial charge on any atom is 0.244 e. The molecule has 2 heterocycles. The quantitative estimate of drug-likeness (QED) is 0.828. The van der Waals surface area contributed by atoms with Crippen molar-refractivity contribution in [3.05, 3.63) is 58.3 Å². The molecule has 150 valence electrons. The fourth-order valence-corrected chi connectivity index (χ4v) is 3.44. The van der Waals surface area contributed by atoms with Crippen LogP contribution in [0.2, 0.25) is 0 Å². The molecule has 1 aromatic heterocycles. The van der Waals surface area contributed by atoms with Gasteiger partial charge >= 0.3 is 0 Å². The molecule has 0 unspecified atom stereocenters. The fourth-order valence-electron chi connectivity index (χ4n) is 3.44. The first-order valence-corrected chi connectivity index (χ1v) is 9.60. The van der Waals surface area contributed by atoms with Crippen molar-refractivity contribution in [1.82, 2.24) is 9.47 Å². The van der Waals surface area contributed by atoms with Crippen molar-refractivity contribution in [2.75, 3.05) is 25.5 Å². The number of hydrogen-bond acceptors (Lipinski definition) is 4. The van der Waals surface area contributed by atoms with E-state index >= 15 is 0 Å². The molecule has 0 bridgehead atoms. The summed E-state index contributed by atoms with van der Waals surface area (Å²) in [5.74, 6) is -0.411. The number of aromatic nitrogens is 1. The van der Waals surface area contributed by atoms with Gasteiger partial charge in [0, 0.05) is 24.0 Å². The zero-order chi connectivity index (χ0) is 19.9. The van der Waals surface area contributed by atoms with Crippen molar-refractivity contribution < 1.29 is 13.9 Å². The van der Waals surface area contributed by atoms with Gasteiger partial charge in [0.05, 0.1) is 13.3 Å². The van der Waals surface area contributed by atoms with Crippen LogP contribution in [-0.4, -0.2) is 35.6 Å². The van der Waals surface area contributed by atoms with E-state index < -0.39 is 0 Å². The van der Waals surface area contributed by atoms with E-state index in [9.17, 15) is 14.0 Å². The van der Waals surface area contributed by atoms with Gasteiger partial charge in [0.1, 0.15) is 12.4 Å². The SMILES string of the molecule is COc1cn(CC(=O)Nc2ccc(F)cc2)c(CN2CCCCCC2)cc1=O. The number of carbonyl (C=O) groups excluding carboxylic acids is 1. The molecule has 0 spiro atoms. The number of anilines is 1. The summed E-state index contributed by atoms with van der Waals surface area (Å²) in [5.41, 5.74) is 1.11. The predicted molar refractivity (Wildman–Crippen MR) is 106 cm³/mol. The van der Waals surface area contributed by atoms with Gasteiger partial charge in [0.25, 0.3) is 0 Å². The van der Waals surface area contributed by atoms with Gasteiger partial charge < -0.3 is 14.6 Å². The van der Waals surface area contributed by atoms with E-state index in [-0.39, 0.29) is 29.4 Å². The number of benzene rings is 1. The second kappa shape index (κ2) is 9.50. The van der Waals surface area contributed by atoms with Crippen LogP contribution in [0.1, 0.15) is 31.4 Å². The molecular formula is C21H26FN3O3. The Kier molecular flexibility index (Phi) is 6.81. The summed E-state index contributed by atoms with van der Waals surface area (Å²) in [6.07, 6.45) is 6.33. The standard InChI is InChI=1S/C21H26FN3O3/c1-28-20-14-25(15-21(27)23-17-8-6-16(22)7-9-17)18(12-19(20)26)13-24-10-4-2-3-5-11-24/h6-9,12,14H,2-5,10-11,13,15H2,1H3,(H,23,27). The lowest BCUT2D eigenvalue weighted by Crippen LogP contribution is -2.29. The number of likely N-dealkylation sites (tertiary alicyclic amines) is 1. The molecule has 1 aromatic carbocycles. The van der Waals surface area contributed by atoms with Gasteiger partial charge in [-0.3, -0.25) is 14.5 Å². The minimum absolute atomic E-state index is 0.0389. The number of hydrogen-bond donors (Lipinski definition) is 1.